The second-order valence-corrected chi connectivity index (χ2v) is 5.36. The maximum absolute atomic E-state index is 12.2. The highest BCUT2D eigenvalue weighted by Gasteiger charge is 2.23. The first kappa shape index (κ1) is 17.4. The Labute approximate surface area is 128 Å². The number of carbonyl (C=O) groups excluding carboxylic acids is 1. The minimum Gasteiger partial charge on any atom is -0.456 e. The predicted molar refractivity (Wildman–Crippen MR) is 84.8 cm³/mol. The molecule has 1 aromatic carbocycles. The van der Waals surface area contributed by atoms with Gasteiger partial charge < -0.3 is 9.47 Å². The quantitative estimate of drug-likeness (QED) is 0.533. The highest BCUT2D eigenvalue weighted by Crippen LogP contribution is 2.13. The van der Waals surface area contributed by atoms with E-state index in [1.807, 2.05) is 70.2 Å². The van der Waals surface area contributed by atoms with Crippen LogP contribution < -0.4 is 0 Å². The van der Waals surface area contributed by atoms with E-state index in [1.54, 1.807) is 0 Å². The Bertz CT molecular complexity index is 437. The van der Waals surface area contributed by atoms with Crippen LogP contribution in [0.25, 0.3) is 0 Å². The fourth-order valence-electron chi connectivity index (χ4n) is 1.92. The van der Waals surface area contributed by atoms with Crippen molar-refractivity contribution >= 4 is 5.97 Å². The molecule has 21 heavy (non-hydrogen) atoms. The first-order chi connectivity index (χ1) is 10.1. The molecule has 0 fully saturated rings. The highest BCUT2D eigenvalue weighted by molar-refractivity contribution is 5.75. The van der Waals surface area contributed by atoms with Crippen molar-refractivity contribution in [3.05, 3.63) is 48.0 Å². The molecule has 0 aliphatic rings. The largest absolute Gasteiger partial charge is 0.456 e. The molecule has 0 heterocycles. The van der Waals surface area contributed by atoms with Crippen molar-refractivity contribution in [1.29, 1.82) is 0 Å². The monoisotopic (exact) mass is 290 g/mol. The van der Waals surface area contributed by atoms with Gasteiger partial charge >= 0.3 is 5.97 Å². The van der Waals surface area contributed by atoms with E-state index in [1.165, 1.54) is 0 Å². The molecule has 1 aromatic rings. The fraction of sp³-hybridized carbons (Fsp3) is 0.500. The smallest absolute Gasteiger partial charge is 0.335 e. The van der Waals surface area contributed by atoms with E-state index in [0.29, 0.717) is 13.0 Å². The molecule has 0 amide bonds. The number of esters is 1. The number of hydrogen-bond donors (Lipinski definition) is 0. The zero-order chi connectivity index (χ0) is 15.7. The van der Waals surface area contributed by atoms with Gasteiger partial charge in [0.1, 0.15) is 6.10 Å². The molecule has 0 N–H and O–H groups in total. The Hall–Kier alpha value is -1.61. The van der Waals surface area contributed by atoms with Crippen molar-refractivity contribution in [2.45, 2.75) is 52.9 Å². The Balaban J connectivity index is 2.56. The fourth-order valence-corrected chi connectivity index (χ4v) is 1.92. The van der Waals surface area contributed by atoms with E-state index >= 15 is 0 Å². The first-order valence-electron chi connectivity index (χ1n) is 7.57. The van der Waals surface area contributed by atoms with Gasteiger partial charge in [-0.1, -0.05) is 57.2 Å². The Morgan fingerprint density at radius 1 is 1.24 bits per heavy atom. The van der Waals surface area contributed by atoms with Crippen molar-refractivity contribution < 1.29 is 14.3 Å². The summed E-state index contributed by atoms with van der Waals surface area (Å²) in [4.78, 5) is 12.2. The highest BCUT2D eigenvalue weighted by atomic mass is 16.6. The van der Waals surface area contributed by atoms with Crippen LogP contribution in [0.1, 0.15) is 39.7 Å². The lowest BCUT2D eigenvalue weighted by Gasteiger charge is -2.22. The van der Waals surface area contributed by atoms with Crippen LogP contribution in [-0.4, -0.2) is 18.2 Å². The average molecular weight is 290 g/mol. The van der Waals surface area contributed by atoms with E-state index in [2.05, 4.69) is 0 Å². The van der Waals surface area contributed by atoms with Crippen molar-refractivity contribution in [3.63, 3.8) is 0 Å². The lowest BCUT2D eigenvalue weighted by molar-refractivity contribution is -0.163. The van der Waals surface area contributed by atoms with Crippen LogP contribution in [0.3, 0.4) is 0 Å². The summed E-state index contributed by atoms with van der Waals surface area (Å²) in [6, 6.07) is 9.83. The normalized spacial score (nSPS) is 14.3. The third kappa shape index (κ3) is 6.13. The number of benzene rings is 1. The lowest BCUT2D eigenvalue weighted by Crippen LogP contribution is -2.31. The van der Waals surface area contributed by atoms with Crippen molar-refractivity contribution in [2.24, 2.45) is 5.92 Å². The van der Waals surface area contributed by atoms with E-state index in [0.717, 1.165) is 5.56 Å². The van der Waals surface area contributed by atoms with Crippen molar-refractivity contribution in [2.75, 3.05) is 0 Å². The van der Waals surface area contributed by atoms with Crippen LogP contribution in [0.4, 0.5) is 0 Å². The summed E-state index contributed by atoms with van der Waals surface area (Å²) in [6.45, 7) is 8.33. The summed E-state index contributed by atoms with van der Waals surface area (Å²) in [7, 11) is 0. The second kappa shape index (κ2) is 9.35. The molecule has 0 aliphatic carbocycles. The Morgan fingerprint density at radius 2 is 1.90 bits per heavy atom. The van der Waals surface area contributed by atoms with Gasteiger partial charge in [-0.2, -0.15) is 0 Å². The molecule has 0 radical (unpaired) electrons. The molecule has 0 aromatic heterocycles. The van der Waals surface area contributed by atoms with Gasteiger partial charge in [0.2, 0.25) is 0 Å². The van der Waals surface area contributed by atoms with Gasteiger partial charge in [0.05, 0.1) is 6.61 Å². The first-order valence-corrected chi connectivity index (χ1v) is 7.57. The summed E-state index contributed by atoms with van der Waals surface area (Å²) in [5.41, 5.74) is 1.05. The molecule has 0 bridgehead atoms. The van der Waals surface area contributed by atoms with Gasteiger partial charge in [-0.15, -0.1) is 0 Å². The minimum absolute atomic E-state index is 0.197. The third-order valence-electron chi connectivity index (χ3n) is 3.22. The molecule has 3 nitrogen and oxygen atoms in total. The zero-order valence-corrected chi connectivity index (χ0v) is 13.4. The van der Waals surface area contributed by atoms with E-state index in [4.69, 9.17) is 9.47 Å². The molecule has 0 saturated carbocycles. The van der Waals surface area contributed by atoms with Crippen LogP contribution in [0.15, 0.2) is 42.5 Å². The molecular formula is C18H26O3. The summed E-state index contributed by atoms with van der Waals surface area (Å²) < 4.78 is 11.2. The summed E-state index contributed by atoms with van der Waals surface area (Å²) in [6.07, 6.45) is 3.70. The number of carbonyl (C=O) groups is 1. The zero-order valence-electron chi connectivity index (χ0n) is 13.4. The maximum atomic E-state index is 12.2. The second-order valence-electron chi connectivity index (χ2n) is 5.36. The van der Waals surface area contributed by atoms with Crippen LogP contribution >= 0.6 is 0 Å². The SMILES string of the molecule is C/C=C/C(OC(=O)C(CC)OCc1ccccc1)C(C)C. The van der Waals surface area contributed by atoms with Gasteiger partial charge in [0.15, 0.2) is 6.10 Å². The average Bonchev–Trinajstić information content (AvgIpc) is 2.48. The number of ether oxygens (including phenoxy) is 2. The molecule has 0 spiro atoms. The van der Waals surface area contributed by atoms with Gasteiger partial charge in [-0.3, -0.25) is 0 Å². The van der Waals surface area contributed by atoms with Crippen LogP contribution in [0.5, 0.6) is 0 Å². The molecule has 0 saturated heterocycles. The van der Waals surface area contributed by atoms with Crippen LogP contribution in [-0.2, 0) is 20.9 Å². The lowest BCUT2D eigenvalue weighted by atomic mass is 10.1. The van der Waals surface area contributed by atoms with E-state index < -0.39 is 6.10 Å². The number of hydrogen-bond acceptors (Lipinski definition) is 3. The van der Waals surface area contributed by atoms with E-state index in [-0.39, 0.29) is 18.0 Å². The standard InChI is InChI=1S/C18H26O3/c1-5-10-17(14(3)4)21-18(19)16(6-2)20-13-15-11-8-7-9-12-15/h5,7-12,14,16-17H,6,13H2,1-4H3/b10-5+. The molecule has 1 rings (SSSR count). The topological polar surface area (TPSA) is 35.5 Å². The van der Waals surface area contributed by atoms with Crippen molar-refractivity contribution in [1.82, 2.24) is 0 Å². The van der Waals surface area contributed by atoms with Gasteiger partial charge in [0, 0.05) is 0 Å². The number of allylic oxidation sites excluding steroid dienone is 1. The number of rotatable bonds is 8. The molecule has 116 valence electrons. The summed E-state index contributed by atoms with van der Waals surface area (Å²) >= 11 is 0. The molecule has 2 atom stereocenters. The van der Waals surface area contributed by atoms with Gasteiger partial charge in [-0.25, -0.2) is 4.79 Å². The summed E-state index contributed by atoms with van der Waals surface area (Å²) in [5, 5.41) is 0. The maximum Gasteiger partial charge on any atom is 0.335 e. The van der Waals surface area contributed by atoms with Crippen LogP contribution in [0.2, 0.25) is 0 Å². The summed E-state index contributed by atoms with van der Waals surface area (Å²) in [5.74, 6) is -0.0398. The molecule has 3 heteroatoms. The molecule has 0 aliphatic heterocycles. The Morgan fingerprint density at radius 3 is 2.43 bits per heavy atom. The van der Waals surface area contributed by atoms with Crippen molar-refractivity contribution in [3.8, 4) is 0 Å². The third-order valence-corrected chi connectivity index (χ3v) is 3.22. The van der Waals surface area contributed by atoms with Crippen LogP contribution in [0, 0.1) is 5.92 Å². The van der Waals surface area contributed by atoms with Gasteiger partial charge in [-0.05, 0) is 30.9 Å². The van der Waals surface area contributed by atoms with E-state index in [9.17, 15) is 4.79 Å². The minimum atomic E-state index is -0.517. The molecule has 2 unspecified atom stereocenters. The van der Waals surface area contributed by atoms with Gasteiger partial charge in [0.25, 0.3) is 0 Å². The predicted octanol–water partition coefficient (Wildman–Crippen LogP) is 4.13. The Kier molecular flexibility index (Phi) is 7.76. The molecular weight excluding hydrogens is 264 g/mol.